The summed E-state index contributed by atoms with van der Waals surface area (Å²) in [5.74, 6) is -0.188. The highest BCUT2D eigenvalue weighted by molar-refractivity contribution is 7.19. The second-order valence-corrected chi connectivity index (χ2v) is 11.0. The molecule has 2 aliphatic rings. The molecule has 2 atom stereocenters. The molecule has 2 fully saturated rings. The molecule has 0 aliphatic carbocycles. The van der Waals surface area contributed by atoms with E-state index in [1.165, 1.54) is 10.5 Å². The molecule has 0 unspecified atom stereocenters. The number of urea groups is 1. The molecule has 4 heterocycles. The lowest BCUT2D eigenvalue weighted by molar-refractivity contribution is -0.124. The molecule has 2 aliphatic heterocycles. The number of halogens is 1. The number of fused-ring (bicyclic) bond motifs is 1. The molecular formula is C25H29ClN6O2S. The van der Waals surface area contributed by atoms with Gasteiger partial charge in [0.25, 0.3) is 0 Å². The van der Waals surface area contributed by atoms with Crippen molar-refractivity contribution in [2.24, 2.45) is 0 Å². The monoisotopic (exact) mass is 512 g/mol. The summed E-state index contributed by atoms with van der Waals surface area (Å²) in [7, 11) is 0. The molecule has 5 rings (SSSR count). The van der Waals surface area contributed by atoms with Gasteiger partial charge in [-0.3, -0.25) is 14.6 Å². The van der Waals surface area contributed by atoms with E-state index in [1.807, 2.05) is 18.2 Å². The average Bonchev–Trinajstić information content (AvgIpc) is 3.38. The fourth-order valence-corrected chi connectivity index (χ4v) is 6.21. The van der Waals surface area contributed by atoms with Crippen LogP contribution in [0.25, 0.3) is 21.5 Å². The maximum absolute atomic E-state index is 11.9. The smallest absolute Gasteiger partial charge is 0.324 e. The van der Waals surface area contributed by atoms with E-state index in [2.05, 4.69) is 41.3 Å². The summed E-state index contributed by atoms with van der Waals surface area (Å²) < 4.78 is 0.990. The number of piperazine rings is 1. The topological polar surface area (TPSA) is 90.5 Å². The van der Waals surface area contributed by atoms with Crippen LogP contribution in [-0.4, -0.2) is 70.0 Å². The zero-order valence-corrected chi connectivity index (χ0v) is 21.7. The number of thiophene rings is 1. The predicted molar refractivity (Wildman–Crippen MR) is 139 cm³/mol. The van der Waals surface area contributed by atoms with E-state index in [0.29, 0.717) is 30.1 Å². The summed E-state index contributed by atoms with van der Waals surface area (Å²) in [5, 5.41) is 6.80. The fraction of sp³-hybridized carbons (Fsp3) is 0.440. The van der Waals surface area contributed by atoms with Crippen LogP contribution in [-0.2, 0) is 17.8 Å². The van der Waals surface area contributed by atoms with E-state index in [-0.39, 0.29) is 18.5 Å². The van der Waals surface area contributed by atoms with Crippen molar-refractivity contribution in [1.29, 1.82) is 0 Å². The Balaban J connectivity index is 1.49. The first kappa shape index (κ1) is 24.1. The van der Waals surface area contributed by atoms with Gasteiger partial charge in [0.15, 0.2) is 0 Å². The van der Waals surface area contributed by atoms with E-state index >= 15 is 0 Å². The molecule has 10 heteroatoms. The molecular weight excluding hydrogens is 484 g/mol. The first-order chi connectivity index (χ1) is 16.8. The van der Waals surface area contributed by atoms with Gasteiger partial charge in [0.2, 0.25) is 5.91 Å². The van der Waals surface area contributed by atoms with E-state index in [0.717, 1.165) is 51.5 Å². The summed E-state index contributed by atoms with van der Waals surface area (Å²) in [5.41, 5.74) is 5.14. The zero-order chi connectivity index (χ0) is 24.7. The SMILES string of the molecule is Cc1cc(Cl)cc(-c2ncnc3cc(CCN4C(=O)CNC4=O)sc23)c1CN1C[C@@H](C)NC[C@@H]1C. The number of hydrogen-bond donors (Lipinski definition) is 2. The molecule has 35 heavy (non-hydrogen) atoms. The molecule has 2 aromatic heterocycles. The van der Waals surface area contributed by atoms with Gasteiger partial charge in [0.05, 0.1) is 22.5 Å². The Morgan fingerprint density at radius 1 is 1.20 bits per heavy atom. The van der Waals surface area contributed by atoms with Crippen molar-refractivity contribution in [2.45, 2.75) is 45.8 Å². The third-order valence-corrected chi connectivity index (χ3v) is 8.24. The molecule has 2 N–H and O–H groups in total. The molecule has 0 radical (unpaired) electrons. The normalized spacial score (nSPS) is 21.2. The van der Waals surface area contributed by atoms with Gasteiger partial charge in [0, 0.05) is 60.1 Å². The second-order valence-electron chi connectivity index (χ2n) is 9.44. The Hall–Kier alpha value is -2.59. The van der Waals surface area contributed by atoms with Gasteiger partial charge < -0.3 is 10.6 Å². The number of rotatable bonds is 6. The molecule has 3 amide bonds. The van der Waals surface area contributed by atoms with E-state index < -0.39 is 0 Å². The lowest BCUT2D eigenvalue weighted by Crippen LogP contribution is -2.53. The second kappa shape index (κ2) is 9.81. The number of imide groups is 1. The van der Waals surface area contributed by atoms with Crippen molar-refractivity contribution < 1.29 is 9.59 Å². The Morgan fingerprint density at radius 3 is 2.80 bits per heavy atom. The lowest BCUT2D eigenvalue weighted by Gasteiger charge is -2.38. The number of aryl methyl sites for hydroxylation is 1. The third kappa shape index (κ3) is 4.91. The quantitative estimate of drug-likeness (QED) is 0.490. The first-order valence-electron chi connectivity index (χ1n) is 11.9. The van der Waals surface area contributed by atoms with Gasteiger partial charge in [-0.05, 0) is 50.1 Å². The molecule has 2 saturated heterocycles. The van der Waals surface area contributed by atoms with Crippen molar-refractivity contribution in [3.05, 3.63) is 45.6 Å². The predicted octanol–water partition coefficient (Wildman–Crippen LogP) is 3.60. The number of amides is 3. The number of carbonyl (C=O) groups is 2. The number of nitrogens with zero attached hydrogens (tertiary/aromatic N) is 4. The van der Waals surface area contributed by atoms with E-state index in [9.17, 15) is 9.59 Å². The molecule has 0 spiro atoms. The standard InChI is InChI=1S/C25H29ClN6O2S/c1-14-6-17(26)7-19(20(14)12-31-11-15(2)27-9-16(31)3)23-24-21(29-13-30-23)8-18(35-24)4-5-32-22(33)10-28-25(32)34/h6-8,13,15-16,27H,4-5,9-12H2,1-3H3,(H,28,34)/t15-,16+/m1/s1. The Kier molecular flexibility index (Phi) is 6.76. The maximum Gasteiger partial charge on any atom is 0.324 e. The Morgan fingerprint density at radius 2 is 2.03 bits per heavy atom. The van der Waals surface area contributed by atoms with Crippen LogP contribution in [0.5, 0.6) is 0 Å². The Labute approximate surface area is 213 Å². The van der Waals surface area contributed by atoms with E-state index in [4.69, 9.17) is 16.6 Å². The van der Waals surface area contributed by atoms with Crippen molar-refractivity contribution in [3.8, 4) is 11.3 Å². The van der Waals surface area contributed by atoms with Gasteiger partial charge in [-0.2, -0.15) is 0 Å². The molecule has 184 valence electrons. The van der Waals surface area contributed by atoms with Crippen LogP contribution >= 0.6 is 22.9 Å². The summed E-state index contributed by atoms with van der Waals surface area (Å²) in [6.07, 6.45) is 2.18. The number of aromatic nitrogens is 2. The Bertz CT molecular complexity index is 1280. The average molecular weight is 513 g/mol. The minimum atomic E-state index is -0.327. The largest absolute Gasteiger partial charge is 0.329 e. The van der Waals surface area contributed by atoms with Crippen LogP contribution < -0.4 is 10.6 Å². The minimum absolute atomic E-state index is 0.0717. The highest BCUT2D eigenvalue weighted by atomic mass is 35.5. The summed E-state index contributed by atoms with van der Waals surface area (Å²) in [6, 6.07) is 6.60. The lowest BCUT2D eigenvalue weighted by atomic mass is 9.97. The molecule has 8 nitrogen and oxygen atoms in total. The molecule has 1 aromatic carbocycles. The van der Waals surface area contributed by atoms with Crippen molar-refractivity contribution in [1.82, 2.24) is 30.4 Å². The number of carbonyl (C=O) groups excluding carboxylic acids is 2. The van der Waals surface area contributed by atoms with Crippen LogP contribution in [0.3, 0.4) is 0 Å². The van der Waals surface area contributed by atoms with Gasteiger partial charge in [-0.15, -0.1) is 11.3 Å². The zero-order valence-electron chi connectivity index (χ0n) is 20.1. The highest BCUT2D eigenvalue weighted by Crippen LogP contribution is 2.37. The van der Waals surface area contributed by atoms with Crippen LogP contribution in [0.15, 0.2) is 24.5 Å². The summed E-state index contributed by atoms with van der Waals surface area (Å²) in [4.78, 5) is 37.8. The van der Waals surface area contributed by atoms with Crippen molar-refractivity contribution in [3.63, 3.8) is 0 Å². The summed E-state index contributed by atoms with van der Waals surface area (Å²) in [6.45, 7) is 9.76. The molecule has 3 aromatic rings. The maximum atomic E-state index is 11.9. The third-order valence-electron chi connectivity index (χ3n) is 6.83. The van der Waals surface area contributed by atoms with Crippen LogP contribution in [0, 0.1) is 6.92 Å². The van der Waals surface area contributed by atoms with Gasteiger partial charge in [0.1, 0.15) is 6.33 Å². The van der Waals surface area contributed by atoms with Crippen molar-refractivity contribution in [2.75, 3.05) is 26.2 Å². The van der Waals surface area contributed by atoms with Gasteiger partial charge in [-0.25, -0.2) is 14.8 Å². The highest BCUT2D eigenvalue weighted by Gasteiger charge is 2.28. The summed E-state index contributed by atoms with van der Waals surface area (Å²) >= 11 is 8.14. The fourth-order valence-electron chi connectivity index (χ4n) is 4.84. The van der Waals surface area contributed by atoms with Gasteiger partial charge in [-0.1, -0.05) is 11.6 Å². The van der Waals surface area contributed by atoms with Crippen LogP contribution in [0.1, 0.15) is 29.9 Å². The molecule has 0 saturated carbocycles. The van der Waals surface area contributed by atoms with Crippen LogP contribution in [0.2, 0.25) is 5.02 Å². The van der Waals surface area contributed by atoms with Gasteiger partial charge >= 0.3 is 6.03 Å². The molecule has 0 bridgehead atoms. The number of nitrogens with one attached hydrogen (secondary N) is 2. The number of hydrogen-bond acceptors (Lipinski definition) is 7. The van der Waals surface area contributed by atoms with Crippen molar-refractivity contribution >= 4 is 45.1 Å². The van der Waals surface area contributed by atoms with E-state index in [1.54, 1.807) is 17.7 Å². The van der Waals surface area contributed by atoms with Crippen LogP contribution in [0.4, 0.5) is 4.79 Å². The first-order valence-corrected chi connectivity index (χ1v) is 13.1. The number of benzene rings is 1. The minimum Gasteiger partial charge on any atom is -0.329 e.